The number of esters is 2. The number of rotatable bonds is 6. The van der Waals surface area contributed by atoms with Gasteiger partial charge in [0.1, 0.15) is 4.83 Å². The lowest BCUT2D eigenvalue weighted by molar-refractivity contribution is -0.135. The van der Waals surface area contributed by atoms with Crippen molar-refractivity contribution in [3.05, 3.63) is 61.6 Å². The Balaban J connectivity index is 1.48. The fourth-order valence-electron chi connectivity index (χ4n) is 4.22. The molecule has 1 aliphatic heterocycles. The summed E-state index contributed by atoms with van der Waals surface area (Å²) in [7, 11) is 1.21. The summed E-state index contributed by atoms with van der Waals surface area (Å²) in [6.45, 7) is 1.95. The lowest BCUT2D eigenvalue weighted by Gasteiger charge is -2.16. The van der Waals surface area contributed by atoms with Crippen LogP contribution in [-0.4, -0.2) is 46.7 Å². The van der Waals surface area contributed by atoms with Crippen LogP contribution < -0.4 is 15.9 Å². The van der Waals surface area contributed by atoms with Gasteiger partial charge in [-0.25, -0.2) is 20.0 Å². The Labute approximate surface area is 224 Å². The molecule has 2 N–H and O–H groups in total. The summed E-state index contributed by atoms with van der Waals surface area (Å²) in [6, 6.07) is 6.21. The predicted octanol–water partition coefficient (Wildman–Crippen LogP) is 3.56. The Morgan fingerprint density at radius 2 is 1.97 bits per heavy atom. The average Bonchev–Trinajstić information content (AvgIpc) is 3.44. The van der Waals surface area contributed by atoms with Crippen LogP contribution in [0.1, 0.15) is 40.6 Å². The number of aromatic amines is 1. The number of fused-ring (bicyclic) bond motifs is 3. The third-order valence-electron chi connectivity index (χ3n) is 5.98. The molecule has 11 nitrogen and oxygen atoms in total. The number of amides is 1. The molecule has 38 heavy (non-hydrogen) atoms. The number of benzene rings is 1. The van der Waals surface area contributed by atoms with Crippen LogP contribution in [0.5, 0.6) is 0 Å². The van der Waals surface area contributed by atoms with Crippen LogP contribution >= 0.6 is 23.1 Å². The lowest BCUT2D eigenvalue weighted by atomic mass is 9.97. The first-order chi connectivity index (χ1) is 18.4. The van der Waals surface area contributed by atoms with Gasteiger partial charge in [-0.2, -0.15) is 0 Å². The number of methoxy groups -OCH3 is 1. The molecule has 1 aliphatic carbocycles. The molecule has 0 atom stereocenters. The number of H-pyrrole nitrogens is 1. The summed E-state index contributed by atoms with van der Waals surface area (Å²) in [5.74, 6) is -1.55. The molecule has 2 aromatic heterocycles. The number of hydrazone groups is 1. The molecule has 3 aromatic rings. The number of nitrogens with one attached hydrogen (secondary N) is 2. The Morgan fingerprint density at radius 3 is 2.71 bits per heavy atom. The molecule has 1 fully saturated rings. The topological polar surface area (TPSA) is 143 Å². The van der Waals surface area contributed by atoms with E-state index in [1.54, 1.807) is 19.1 Å². The molecule has 0 saturated carbocycles. The highest BCUT2D eigenvalue weighted by atomic mass is 32.2. The fraction of sp³-hybridized carbons (Fsp3) is 0.280. The molecule has 5 rings (SSSR count). The highest BCUT2D eigenvalue weighted by molar-refractivity contribution is 8.19. The van der Waals surface area contributed by atoms with Crippen molar-refractivity contribution in [1.29, 1.82) is 0 Å². The monoisotopic (exact) mass is 553 g/mol. The van der Waals surface area contributed by atoms with Crippen molar-refractivity contribution in [3.8, 4) is 0 Å². The Morgan fingerprint density at radius 1 is 1.21 bits per heavy atom. The molecule has 2 aliphatic rings. The van der Waals surface area contributed by atoms with Gasteiger partial charge in [-0.05, 0) is 74.2 Å². The molecule has 196 valence electrons. The van der Waals surface area contributed by atoms with Crippen LogP contribution in [0.15, 0.2) is 45.1 Å². The van der Waals surface area contributed by atoms with Gasteiger partial charge in [-0.1, -0.05) is 0 Å². The Kier molecular flexibility index (Phi) is 7.29. The smallest absolute Gasteiger partial charge is 0.338 e. The van der Waals surface area contributed by atoms with E-state index in [0.29, 0.717) is 21.5 Å². The minimum absolute atomic E-state index is 0.0923. The Hall–Kier alpha value is -3.97. The van der Waals surface area contributed by atoms with E-state index in [2.05, 4.69) is 25.2 Å². The number of ether oxygens (including phenoxy) is 2. The predicted molar refractivity (Wildman–Crippen MR) is 146 cm³/mol. The van der Waals surface area contributed by atoms with E-state index >= 15 is 0 Å². The molecular weight excluding hydrogens is 530 g/mol. The van der Waals surface area contributed by atoms with E-state index in [1.165, 1.54) is 40.4 Å². The minimum Gasteiger partial charge on any atom is -0.466 e. The largest absolute Gasteiger partial charge is 0.466 e. The van der Waals surface area contributed by atoms with E-state index in [4.69, 9.17) is 4.74 Å². The Bertz CT molecular complexity index is 1560. The summed E-state index contributed by atoms with van der Waals surface area (Å²) >= 11 is 2.46. The number of carbonyl (C=O) groups excluding carboxylic acids is 3. The number of anilines is 2. The molecule has 0 radical (unpaired) electrons. The van der Waals surface area contributed by atoms with Crippen molar-refractivity contribution in [2.45, 2.75) is 32.6 Å². The van der Waals surface area contributed by atoms with Crippen molar-refractivity contribution in [2.24, 2.45) is 5.10 Å². The zero-order valence-electron chi connectivity index (χ0n) is 20.5. The second kappa shape index (κ2) is 10.8. The maximum Gasteiger partial charge on any atom is 0.338 e. The highest BCUT2D eigenvalue weighted by Gasteiger charge is 2.36. The van der Waals surface area contributed by atoms with Gasteiger partial charge in [0, 0.05) is 11.0 Å². The maximum absolute atomic E-state index is 13.2. The van der Waals surface area contributed by atoms with E-state index in [9.17, 15) is 19.2 Å². The molecular formula is C25H23N5O6S2. The van der Waals surface area contributed by atoms with Crippen LogP contribution in [0.2, 0.25) is 0 Å². The van der Waals surface area contributed by atoms with Crippen molar-refractivity contribution < 1.29 is 23.9 Å². The van der Waals surface area contributed by atoms with Gasteiger partial charge >= 0.3 is 11.9 Å². The molecule has 13 heteroatoms. The van der Waals surface area contributed by atoms with Crippen LogP contribution in [0.4, 0.5) is 11.6 Å². The molecule has 0 unspecified atom stereocenters. The average molecular weight is 554 g/mol. The van der Waals surface area contributed by atoms with E-state index < -0.39 is 17.8 Å². The van der Waals surface area contributed by atoms with Gasteiger partial charge in [-0.3, -0.25) is 19.5 Å². The van der Waals surface area contributed by atoms with Gasteiger partial charge in [0.25, 0.3) is 11.5 Å². The number of aromatic nitrogens is 2. The number of carbonyl (C=O) groups is 3. The summed E-state index contributed by atoms with van der Waals surface area (Å²) in [5, 5.41) is 5.13. The first-order valence-electron chi connectivity index (χ1n) is 11.9. The van der Waals surface area contributed by atoms with Crippen LogP contribution in [0.25, 0.3) is 10.2 Å². The summed E-state index contributed by atoms with van der Waals surface area (Å²) < 4.78 is 9.67. The second-order valence-corrected chi connectivity index (χ2v) is 10.4. The number of nitrogens with zero attached hydrogens (tertiary/aromatic N) is 3. The third-order valence-corrected chi connectivity index (χ3v) is 8.13. The summed E-state index contributed by atoms with van der Waals surface area (Å²) in [4.78, 5) is 60.4. The molecule has 1 saturated heterocycles. The first-order valence-corrected chi connectivity index (χ1v) is 13.5. The van der Waals surface area contributed by atoms with Crippen LogP contribution in [0.3, 0.4) is 0 Å². The zero-order chi connectivity index (χ0) is 26.8. The summed E-state index contributed by atoms with van der Waals surface area (Å²) in [6.07, 6.45) is 5.04. The number of hydrogen-bond acceptors (Lipinski definition) is 11. The number of amidine groups is 1. The SMILES string of the molecule is CCOC(=O)c1ccc(N2C(=O)C(=CC(=O)OC)SC2=NNc2nc3sc4c(c3c(=O)[nH]2)CCCC4)cc1. The fourth-order valence-corrected chi connectivity index (χ4v) is 6.38. The van der Waals surface area contributed by atoms with Gasteiger partial charge in [0.15, 0.2) is 5.17 Å². The van der Waals surface area contributed by atoms with Crippen molar-refractivity contribution in [3.63, 3.8) is 0 Å². The lowest BCUT2D eigenvalue weighted by Crippen LogP contribution is -2.29. The van der Waals surface area contributed by atoms with E-state index in [-0.39, 0.29) is 28.2 Å². The maximum atomic E-state index is 13.2. The van der Waals surface area contributed by atoms with Gasteiger partial charge in [0.2, 0.25) is 5.95 Å². The quantitative estimate of drug-likeness (QED) is 0.266. The van der Waals surface area contributed by atoms with Crippen LogP contribution in [0, 0.1) is 0 Å². The van der Waals surface area contributed by atoms with Crippen LogP contribution in [-0.2, 0) is 31.9 Å². The van der Waals surface area contributed by atoms with Gasteiger partial charge in [0.05, 0.1) is 35.3 Å². The molecule has 3 heterocycles. The van der Waals surface area contributed by atoms with Crippen molar-refractivity contribution in [1.82, 2.24) is 9.97 Å². The number of thiophene rings is 1. The van der Waals surface area contributed by atoms with Crippen molar-refractivity contribution >= 4 is 68.0 Å². The molecule has 0 spiro atoms. The van der Waals surface area contributed by atoms with Gasteiger partial charge in [-0.15, -0.1) is 16.4 Å². The van der Waals surface area contributed by atoms with E-state index in [1.807, 2.05) is 0 Å². The zero-order valence-corrected chi connectivity index (χ0v) is 22.2. The van der Waals surface area contributed by atoms with Crippen molar-refractivity contribution in [2.75, 3.05) is 24.0 Å². The number of thioether (sulfide) groups is 1. The van der Waals surface area contributed by atoms with E-state index in [0.717, 1.165) is 49.1 Å². The highest BCUT2D eigenvalue weighted by Crippen LogP contribution is 2.36. The second-order valence-electron chi connectivity index (χ2n) is 8.35. The standard InChI is InChI=1S/C25H23N5O6S2/c1-3-36-23(34)13-8-10-14(11-9-13)30-22(33)17(12-18(31)35-2)38-25(30)29-28-24-26-20(32)19-15-6-4-5-7-16(15)37-21(19)27-24/h8-12H,3-7H2,1-2H3,(H2,26,27,28,32). The normalized spacial score (nSPS) is 17.2. The summed E-state index contributed by atoms with van der Waals surface area (Å²) in [5.41, 5.74) is 4.32. The number of hydrogen-bond donors (Lipinski definition) is 2. The molecule has 1 amide bonds. The third kappa shape index (κ3) is 4.94. The number of aryl methyl sites for hydroxylation is 2. The van der Waals surface area contributed by atoms with Gasteiger partial charge < -0.3 is 9.47 Å². The minimum atomic E-state index is -0.689. The molecule has 0 bridgehead atoms. The first kappa shape index (κ1) is 25.7. The molecule has 1 aromatic carbocycles.